The summed E-state index contributed by atoms with van der Waals surface area (Å²) in [4.78, 5) is 37.4. The molecule has 1 unspecified atom stereocenters. The highest BCUT2D eigenvalue weighted by molar-refractivity contribution is 6.03. The molecule has 2 fully saturated rings. The molecule has 2 aromatic rings. The van der Waals surface area contributed by atoms with Crippen LogP contribution in [-0.2, 0) is 21.4 Å². The van der Waals surface area contributed by atoms with Crippen molar-refractivity contribution in [2.75, 3.05) is 18.0 Å². The zero-order valence-corrected chi connectivity index (χ0v) is 14.1. The second-order valence-corrected chi connectivity index (χ2v) is 6.71. The molecule has 130 valence electrons. The van der Waals surface area contributed by atoms with Crippen molar-refractivity contribution in [2.24, 2.45) is 7.05 Å². The first-order valence-corrected chi connectivity index (χ1v) is 8.60. The maximum Gasteiger partial charge on any atom is 0.235 e. The zero-order chi connectivity index (χ0) is 17.6. The monoisotopic (exact) mass is 340 g/mol. The molecular formula is C18H20N4O3. The van der Waals surface area contributed by atoms with Gasteiger partial charge < -0.3 is 4.90 Å². The smallest absolute Gasteiger partial charge is 0.235 e. The van der Waals surface area contributed by atoms with Crippen LogP contribution in [0.15, 0.2) is 18.2 Å². The Kier molecular flexibility index (Phi) is 3.78. The maximum absolute atomic E-state index is 12.3. The minimum Gasteiger partial charge on any atom is -0.369 e. The number of rotatable bonds is 2. The molecule has 1 atom stereocenters. The molecule has 7 nitrogen and oxygen atoms in total. The van der Waals surface area contributed by atoms with Crippen molar-refractivity contribution in [3.63, 3.8) is 0 Å². The van der Waals surface area contributed by atoms with Crippen molar-refractivity contribution in [2.45, 2.75) is 31.6 Å². The lowest BCUT2D eigenvalue weighted by Gasteiger charge is -2.28. The molecule has 7 heteroatoms. The minimum absolute atomic E-state index is 0.222. The molecule has 0 spiro atoms. The number of anilines is 1. The number of aromatic nitrogens is 2. The number of fused-ring (bicyclic) bond motifs is 1. The van der Waals surface area contributed by atoms with Crippen LogP contribution >= 0.6 is 0 Å². The summed E-state index contributed by atoms with van der Waals surface area (Å²) in [6.45, 7) is 1.41. The van der Waals surface area contributed by atoms with Crippen LogP contribution < -0.4 is 10.2 Å². The fraction of sp³-hybridized carbons (Fsp3) is 0.444. The van der Waals surface area contributed by atoms with Gasteiger partial charge in [0.1, 0.15) is 5.78 Å². The summed E-state index contributed by atoms with van der Waals surface area (Å²) in [5.74, 6) is -0.595. The molecule has 2 saturated heterocycles. The van der Waals surface area contributed by atoms with E-state index in [1.807, 2.05) is 25.2 Å². The Morgan fingerprint density at radius 1 is 1.12 bits per heavy atom. The number of carbonyl (C=O) groups is 3. The standard InChI is InChI=1S/C18H20N4O3/c1-21-17-12(16(20-21)13-5-6-15(24)19-18(13)25)3-2-4-14(17)22-9-7-11(23)8-10-22/h2-4,13H,5-10H2,1H3,(H,19,24,25). The minimum atomic E-state index is -0.403. The van der Waals surface area contributed by atoms with Gasteiger partial charge in [0.2, 0.25) is 11.8 Å². The van der Waals surface area contributed by atoms with Crippen molar-refractivity contribution in [3.8, 4) is 0 Å². The predicted molar refractivity (Wildman–Crippen MR) is 92.3 cm³/mol. The van der Waals surface area contributed by atoms with Gasteiger partial charge in [-0.05, 0) is 12.5 Å². The summed E-state index contributed by atoms with van der Waals surface area (Å²) in [7, 11) is 1.87. The molecule has 0 bridgehead atoms. The van der Waals surface area contributed by atoms with Gasteiger partial charge in [-0.25, -0.2) is 0 Å². The van der Waals surface area contributed by atoms with Gasteiger partial charge in [0.05, 0.1) is 22.8 Å². The zero-order valence-electron chi connectivity index (χ0n) is 14.1. The fourth-order valence-corrected chi connectivity index (χ4v) is 3.81. The van der Waals surface area contributed by atoms with E-state index in [9.17, 15) is 14.4 Å². The first kappa shape index (κ1) is 15.8. The lowest BCUT2D eigenvalue weighted by Crippen LogP contribution is -2.39. The Balaban J connectivity index is 1.76. The van der Waals surface area contributed by atoms with Crippen molar-refractivity contribution < 1.29 is 14.4 Å². The van der Waals surface area contributed by atoms with Gasteiger partial charge in [-0.15, -0.1) is 0 Å². The number of hydrogen-bond acceptors (Lipinski definition) is 5. The Bertz CT molecular complexity index is 876. The summed E-state index contributed by atoms with van der Waals surface area (Å²) < 4.78 is 1.81. The van der Waals surface area contributed by atoms with Crippen molar-refractivity contribution >= 4 is 34.2 Å². The van der Waals surface area contributed by atoms with Crippen LogP contribution in [0, 0.1) is 0 Å². The molecule has 25 heavy (non-hydrogen) atoms. The van der Waals surface area contributed by atoms with E-state index in [0.717, 1.165) is 22.3 Å². The van der Waals surface area contributed by atoms with Gasteiger partial charge in [-0.1, -0.05) is 12.1 Å². The highest BCUT2D eigenvalue weighted by Crippen LogP contribution is 2.35. The van der Waals surface area contributed by atoms with Crippen molar-refractivity contribution in [1.82, 2.24) is 15.1 Å². The number of nitrogens with zero attached hydrogens (tertiary/aromatic N) is 3. The largest absolute Gasteiger partial charge is 0.369 e. The molecule has 2 aliphatic rings. The summed E-state index contributed by atoms with van der Waals surface area (Å²) in [6.07, 6.45) is 1.95. The van der Waals surface area contributed by atoms with Gasteiger partial charge in [0, 0.05) is 44.8 Å². The Morgan fingerprint density at radius 2 is 1.88 bits per heavy atom. The average Bonchev–Trinajstić information content (AvgIpc) is 2.93. The molecular weight excluding hydrogens is 320 g/mol. The number of hydrogen-bond donors (Lipinski definition) is 1. The number of imide groups is 1. The molecule has 1 aromatic carbocycles. The third-order valence-corrected chi connectivity index (χ3v) is 5.10. The van der Waals surface area contributed by atoms with E-state index < -0.39 is 5.92 Å². The second-order valence-electron chi connectivity index (χ2n) is 6.71. The predicted octanol–water partition coefficient (Wildman–Crippen LogP) is 1.26. The van der Waals surface area contributed by atoms with Gasteiger partial charge in [-0.2, -0.15) is 5.10 Å². The summed E-state index contributed by atoms with van der Waals surface area (Å²) >= 11 is 0. The lowest BCUT2D eigenvalue weighted by molar-refractivity contribution is -0.134. The number of nitrogens with one attached hydrogen (secondary N) is 1. The molecule has 4 rings (SSSR count). The van der Waals surface area contributed by atoms with Crippen LogP contribution in [-0.4, -0.2) is 40.5 Å². The Morgan fingerprint density at radius 3 is 2.60 bits per heavy atom. The average molecular weight is 340 g/mol. The lowest BCUT2D eigenvalue weighted by atomic mass is 9.92. The van der Waals surface area contributed by atoms with Crippen LogP contribution in [0.2, 0.25) is 0 Å². The van der Waals surface area contributed by atoms with Crippen LogP contribution in [0.4, 0.5) is 5.69 Å². The molecule has 0 aliphatic carbocycles. The third-order valence-electron chi connectivity index (χ3n) is 5.10. The number of benzene rings is 1. The molecule has 2 aliphatic heterocycles. The molecule has 1 N–H and O–H groups in total. The van der Waals surface area contributed by atoms with Crippen LogP contribution in [0.1, 0.15) is 37.3 Å². The van der Waals surface area contributed by atoms with E-state index in [1.54, 1.807) is 4.68 Å². The second kappa shape index (κ2) is 5.98. The van der Waals surface area contributed by atoms with E-state index >= 15 is 0 Å². The van der Waals surface area contributed by atoms with Crippen molar-refractivity contribution in [3.05, 3.63) is 23.9 Å². The van der Waals surface area contributed by atoms with E-state index in [4.69, 9.17) is 0 Å². The Labute approximate surface area is 145 Å². The van der Waals surface area contributed by atoms with Gasteiger partial charge in [-0.3, -0.25) is 24.4 Å². The van der Waals surface area contributed by atoms with Crippen LogP contribution in [0.3, 0.4) is 0 Å². The molecule has 0 saturated carbocycles. The summed E-state index contributed by atoms with van der Waals surface area (Å²) in [6, 6.07) is 5.97. The number of ketones is 1. The molecule has 0 radical (unpaired) electrons. The summed E-state index contributed by atoms with van der Waals surface area (Å²) in [5, 5.41) is 7.96. The number of Topliss-reactive ketones (excluding diaryl/α,β-unsaturated/α-hetero) is 1. The quantitative estimate of drug-likeness (QED) is 0.832. The first-order chi connectivity index (χ1) is 12.0. The SMILES string of the molecule is Cn1nc(C2CCC(=O)NC2=O)c2cccc(N3CCC(=O)CC3)c21. The molecule has 1 aromatic heterocycles. The van der Waals surface area contributed by atoms with E-state index in [1.165, 1.54) is 0 Å². The van der Waals surface area contributed by atoms with E-state index in [2.05, 4.69) is 15.3 Å². The number of carbonyl (C=O) groups excluding carboxylic acids is 3. The summed E-state index contributed by atoms with van der Waals surface area (Å²) in [5.41, 5.74) is 2.73. The van der Waals surface area contributed by atoms with Gasteiger partial charge in [0.25, 0.3) is 0 Å². The number of piperidine rings is 2. The number of amides is 2. The molecule has 2 amide bonds. The first-order valence-electron chi connectivity index (χ1n) is 8.60. The number of para-hydroxylation sites is 1. The van der Waals surface area contributed by atoms with Crippen molar-refractivity contribution in [1.29, 1.82) is 0 Å². The third kappa shape index (κ3) is 2.69. The maximum atomic E-state index is 12.3. The van der Waals surface area contributed by atoms with E-state index in [-0.39, 0.29) is 11.8 Å². The van der Waals surface area contributed by atoms with Gasteiger partial charge >= 0.3 is 0 Å². The number of aryl methyl sites for hydroxylation is 1. The topological polar surface area (TPSA) is 84.3 Å². The van der Waals surface area contributed by atoms with Gasteiger partial charge in [0.15, 0.2) is 0 Å². The van der Waals surface area contributed by atoms with E-state index in [0.29, 0.717) is 44.6 Å². The fourth-order valence-electron chi connectivity index (χ4n) is 3.81. The molecule has 3 heterocycles. The Hall–Kier alpha value is -2.70. The normalized spacial score (nSPS) is 21.7. The highest BCUT2D eigenvalue weighted by Gasteiger charge is 2.32. The van der Waals surface area contributed by atoms with Crippen LogP contribution in [0.25, 0.3) is 10.9 Å². The van der Waals surface area contributed by atoms with Crippen LogP contribution in [0.5, 0.6) is 0 Å². The highest BCUT2D eigenvalue weighted by atomic mass is 16.2.